The molecule has 0 aromatic rings. The van der Waals surface area contributed by atoms with E-state index in [1.54, 1.807) is 20.8 Å². The first-order valence-electron chi connectivity index (χ1n) is 6.72. The van der Waals surface area contributed by atoms with Gasteiger partial charge in [0.05, 0.1) is 11.6 Å². The molecule has 10 nitrogen and oxygen atoms in total. The minimum absolute atomic E-state index is 0.141. The number of hydrogen-bond acceptors (Lipinski definition) is 6. The van der Waals surface area contributed by atoms with Gasteiger partial charge in [-0.15, -0.1) is 4.28 Å². The normalized spacial score (nSPS) is 25.5. The van der Waals surface area contributed by atoms with Crippen LogP contribution in [0.5, 0.6) is 0 Å². The molecule has 2 saturated heterocycles. The van der Waals surface area contributed by atoms with Gasteiger partial charge in [-0.3, -0.25) is 14.2 Å². The zero-order valence-electron chi connectivity index (χ0n) is 12.5. The summed E-state index contributed by atoms with van der Waals surface area (Å²) in [6.45, 7) is 5.41. The molecule has 3 amide bonds. The number of piperidine rings is 1. The zero-order valence-corrected chi connectivity index (χ0v) is 13.3. The molecule has 0 aromatic carbocycles. The quantitative estimate of drug-likeness (QED) is 0.539. The molecule has 2 atom stereocenters. The average molecular weight is 337 g/mol. The number of carbonyl (C=O) groups is 2. The van der Waals surface area contributed by atoms with Gasteiger partial charge in [-0.2, -0.15) is 13.5 Å². The number of hydrogen-bond donors (Lipinski definition) is 2. The third-order valence-corrected chi connectivity index (χ3v) is 3.61. The molecule has 0 saturated carbocycles. The molecule has 0 radical (unpaired) electrons. The topological polar surface area (TPSA) is 125 Å². The number of nitrogens with zero attached hydrogens (tertiary/aromatic N) is 2. The monoisotopic (exact) mass is 337 g/mol. The average Bonchev–Trinajstić information content (AvgIpc) is 2.59. The Morgan fingerprint density at radius 1 is 1.36 bits per heavy atom. The van der Waals surface area contributed by atoms with Crippen molar-refractivity contribution in [3.8, 4) is 0 Å². The fourth-order valence-electron chi connectivity index (χ4n) is 2.38. The van der Waals surface area contributed by atoms with Gasteiger partial charge in [-0.05, 0) is 33.6 Å². The number of urea groups is 1. The highest BCUT2D eigenvalue weighted by molar-refractivity contribution is 7.80. The summed E-state index contributed by atoms with van der Waals surface area (Å²) in [6, 6.07) is -2.08. The standard InChI is InChI=1S/C11H19N3O7S/c1-11(2,3)20-12-9(15)8-5-4-7-6-13(8)10(16)14(7)21-22(17,18)19/h7-8H,4-6H2,1-3H3,(H,12,15)(H,17,18,19)/t7-,8+/m0/s1. The Morgan fingerprint density at radius 3 is 2.55 bits per heavy atom. The van der Waals surface area contributed by atoms with Gasteiger partial charge in [-0.25, -0.2) is 10.3 Å². The van der Waals surface area contributed by atoms with Crippen LogP contribution in [0, 0.1) is 0 Å². The second-order valence-electron chi connectivity index (χ2n) is 6.19. The van der Waals surface area contributed by atoms with Gasteiger partial charge in [0, 0.05) is 6.54 Å². The molecule has 2 heterocycles. The van der Waals surface area contributed by atoms with Crippen molar-refractivity contribution in [2.75, 3.05) is 6.54 Å². The highest BCUT2D eigenvalue weighted by atomic mass is 32.3. The lowest BCUT2D eigenvalue weighted by atomic mass is 10.0. The Balaban J connectivity index is 2.04. The van der Waals surface area contributed by atoms with Crippen LogP contribution in [0.25, 0.3) is 0 Å². The first-order valence-corrected chi connectivity index (χ1v) is 8.09. The molecule has 0 aromatic heterocycles. The van der Waals surface area contributed by atoms with Crippen molar-refractivity contribution in [1.82, 2.24) is 15.4 Å². The largest absolute Gasteiger partial charge is 0.418 e. The van der Waals surface area contributed by atoms with E-state index >= 15 is 0 Å². The molecule has 2 aliphatic rings. The number of rotatable bonds is 4. The summed E-state index contributed by atoms with van der Waals surface area (Å²) in [4.78, 5) is 30.6. The van der Waals surface area contributed by atoms with Gasteiger partial charge in [-0.1, -0.05) is 0 Å². The smallest absolute Gasteiger partial charge is 0.309 e. The summed E-state index contributed by atoms with van der Waals surface area (Å²) in [7, 11) is -4.79. The lowest BCUT2D eigenvalue weighted by Crippen LogP contribution is -2.51. The van der Waals surface area contributed by atoms with Crippen LogP contribution in [-0.2, 0) is 24.3 Å². The van der Waals surface area contributed by atoms with Gasteiger partial charge in [0.25, 0.3) is 5.91 Å². The van der Waals surface area contributed by atoms with E-state index in [1.807, 2.05) is 0 Å². The van der Waals surface area contributed by atoms with Crippen LogP contribution < -0.4 is 5.48 Å². The molecule has 22 heavy (non-hydrogen) atoms. The molecule has 11 heteroatoms. The summed E-state index contributed by atoms with van der Waals surface area (Å²) in [6.07, 6.45) is 0.701. The van der Waals surface area contributed by atoms with E-state index in [2.05, 4.69) is 9.76 Å². The second-order valence-corrected chi connectivity index (χ2v) is 7.20. The third kappa shape index (κ3) is 3.85. The van der Waals surface area contributed by atoms with E-state index in [4.69, 9.17) is 9.39 Å². The molecule has 2 aliphatic heterocycles. The van der Waals surface area contributed by atoms with Gasteiger partial charge in [0.1, 0.15) is 6.04 Å². The van der Waals surface area contributed by atoms with Crippen molar-refractivity contribution in [3.05, 3.63) is 0 Å². The van der Waals surface area contributed by atoms with Crippen molar-refractivity contribution < 1.29 is 31.7 Å². The molecular weight excluding hydrogens is 318 g/mol. The summed E-state index contributed by atoms with van der Waals surface area (Å²) in [5.41, 5.74) is 1.72. The van der Waals surface area contributed by atoms with Crippen molar-refractivity contribution >= 4 is 22.3 Å². The van der Waals surface area contributed by atoms with E-state index in [-0.39, 0.29) is 6.54 Å². The Kier molecular flexibility index (Phi) is 4.35. The SMILES string of the molecule is CC(C)(C)ONC(=O)[C@H]1CC[C@H]2CN1C(=O)N2OS(=O)(=O)O. The Morgan fingerprint density at radius 2 is 2.00 bits per heavy atom. The number of carbonyl (C=O) groups excluding carboxylic acids is 2. The number of hydroxylamine groups is 3. The summed E-state index contributed by atoms with van der Waals surface area (Å²) < 4.78 is 34.5. The maximum absolute atomic E-state index is 12.1. The zero-order chi connectivity index (χ0) is 16.7. The van der Waals surface area contributed by atoms with Crippen molar-refractivity contribution in [3.63, 3.8) is 0 Å². The minimum atomic E-state index is -4.79. The summed E-state index contributed by atoms with van der Waals surface area (Å²) in [5, 5.41) is 0.591. The van der Waals surface area contributed by atoms with E-state index in [0.29, 0.717) is 17.9 Å². The van der Waals surface area contributed by atoms with Gasteiger partial charge in [0.2, 0.25) is 0 Å². The van der Waals surface area contributed by atoms with Crippen molar-refractivity contribution in [2.45, 2.75) is 51.3 Å². The summed E-state index contributed by atoms with van der Waals surface area (Å²) >= 11 is 0. The molecule has 2 rings (SSSR count). The van der Waals surface area contributed by atoms with Gasteiger partial charge >= 0.3 is 16.4 Å². The second kappa shape index (κ2) is 5.65. The number of nitrogens with one attached hydrogen (secondary N) is 1. The van der Waals surface area contributed by atoms with Crippen LogP contribution in [-0.4, -0.2) is 59.1 Å². The van der Waals surface area contributed by atoms with Crippen LogP contribution in [0.3, 0.4) is 0 Å². The van der Waals surface area contributed by atoms with Crippen LogP contribution in [0.1, 0.15) is 33.6 Å². The fourth-order valence-corrected chi connectivity index (χ4v) is 2.76. The maximum atomic E-state index is 12.1. The van der Waals surface area contributed by atoms with E-state index in [1.165, 1.54) is 4.90 Å². The lowest BCUT2D eigenvalue weighted by Gasteiger charge is -2.30. The molecule has 2 bridgehead atoms. The maximum Gasteiger partial charge on any atom is 0.418 e. The Labute approximate surface area is 128 Å². The molecule has 0 aliphatic carbocycles. The Hall–Kier alpha value is -1.43. The van der Waals surface area contributed by atoms with Crippen molar-refractivity contribution in [2.24, 2.45) is 0 Å². The molecule has 2 N–H and O–H groups in total. The number of fused-ring (bicyclic) bond motifs is 2. The van der Waals surface area contributed by atoms with Crippen LogP contribution in [0.15, 0.2) is 0 Å². The lowest BCUT2D eigenvalue weighted by molar-refractivity contribution is -0.150. The van der Waals surface area contributed by atoms with Crippen LogP contribution >= 0.6 is 0 Å². The van der Waals surface area contributed by atoms with Crippen LogP contribution in [0.4, 0.5) is 4.79 Å². The van der Waals surface area contributed by atoms with Gasteiger partial charge in [0.15, 0.2) is 0 Å². The van der Waals surface area contributed by atoms with Crippen LogP contribution in [0.2, 0.25) is 0 Å². The number of amides is 3. The molecule has 0 unspecified atom stereocenters. The predicted octanol–water partition coefficient (Wildman–Crippen LogP) is -0.164. The van der Waals surface area contributed by atoms with E-state index in [9.17, 15) is 18.0 Å². The highest BCUT2D eigenvalue weighted by Gasteiger charge is 2.49. The Bertz CT molecular complexity index is 571. The van der Waals surface area contributed by atoms with Gasteiger partial charge < -0.3 is 4.90 Å². The predicted molar refractivity (Wildman–Crippen MR) is 72.4 cm³/mol. The molecular formula is C11H19N3O7S. The van der Waals surface area contributed by atoms with E-state index < -0.39 is 40.0 Å². The van der Waals surface area contributed by atoms with E-state index in [0.717, 1.165) is 0 Å². The first-order chi connectivity index (χ1) is 9.98. The molecule has 126 valence electrons. The third-order valence-electron chi connectivity index (χ3n) is 3.26. The molecule has 2 fully saturated rings. The van der Waals surface area contributed by atoms with Crippen molar-refractivity contribution in [1.29, 1.82) is 0 Å². The first kappa shape index (κ1) is 16.9. The minimum Gasteiger partial charge on any atom is -0.309 e. The molecule has 0 spiro atoms. The highest BCUT2D eigenvalue weighted by Crippen LogP contribution is 2.30. The summed E-state index contributed by atoms with van der Waals surface area (Å²) in [5.74, 6) is -0.490. The fraction of sp³-hybridized carbons (Fsp3) is 0.818.